The molecule has 86 valence electrons. The van der Waals surface area contributed by atoms with Crippen molar-refractivity contribution >= 4 is 11.8 Å². The lowest BCUT2D eigenvalue weighted by molar-refractivity contribution is 0.123. The van der Waals surface area contributed by atoms with E-state index in [0.717, 1.165) is 26.2 Å². The van der Waals surface area contributed by atoms with Gasteiger partial charge in [0.05, 0.1) is 0 Å². The molecule has 0 saturated heterocycles. The van der Waals surface area contributed by atoms with Crippen LogP contribution < -0.4 is 5.32 Å². The number of rotatable bonds is 10. The smallest absolute Gasteiger partial charge is 0.0481 e. The zero-order valence-corrected chi connectivity index (χ0v) is 10.7. The van der Waals surface area contributed by atoms with E-state index in [2.05, 4.69) is 25.4 Å². The van der Waals surface area contributed by atoms with E-state index in [1.54, 1.807) is 0 Å². The fourth-order valence-electron chi connectivity index (χ4n) is 1.31. The summed E-state index contributed by atoms with van der Waals surface area (Å²) < 4.78 is 5.55. The zero-order valence-electron chi connectivity index (χ0n) is 9.84. The topological polar surface area (TPSA) is 21.3 Å². The Morgan fingerprint density at radius 2 is 2.07 bits per heavy atom. The molecule has 0 amide bonds. The van der Waals surface area contributed by atoms with Gasteiger partial charge in [0, 0.05) is 25.0 Å². The molecule has 1 atom stereocenters. The summed E-state index contributed by atoms with van der Waals surface area (Å²) in [5.74, 6) is 1.19. The van der Waals surface area contributed by atoms with Crippen LogP contribution in [-0.4, -0.2) is 37.8 Å². The third kappa shape index (κ3) is 8.85. The fraction of sp³-hybridized carbons (Fsp3) is 1.00. The van der Waals surface area contributed by atoms with E-state index >= 15 is 0 Å². The number of nitrogens with one attached hydrogen (secondary N) is 1. The van der Waals surface area contributed by atoms with Gasteiger partial charge in [-0.3, -0.25) is 0 Å². The fourth-order valence-corrected chi connectivity index (χ4v) is 2.00. The van der Waals surface area contributed by atoms with Crippen LogP contribution in [0.1, 0.15) is 33.1 Å². The van der Waals surface area contributed by atoms with Gasteiger partial charge in [0.25, 0.3) is 0 Å². The van der Waals surface area contributed by atoms with Gasteiger partial charge in [0.2, 0.25) is 0 Å². The molecule has 0 rings (SSSR count). The predicted octanol–water partition coefficient (Wildman–Crippen LogP) is 2.53. The summed E-state index contributed by atoms with van der Waals surface area (Å²) >= 11 is 1.90. The molecular weight excluding hydrogens is 194 g/mol. The highest BCUT2D eigenvalue weighted by atomic mass is 32.2. The molecule has 0 aromatic carbocycles. The van der Waals surface area contributed by atoms with Crippen molar-refractivity contribution in [2.45, 2.75) is 39.2 Å². The highest BCUT2D eigenvalue weighted by molar-refractivity contribution is 7.98. The summed E-state index contributed by atoms with van der Waals surface area (Å²) in [5, 5.41) is 3.47. The second-order valence-electron chi connectivity index (χ2n) is 3.46. The van der Waals surface area contributed by atoms with Crippen molar-refractivity contribution in [1.82, 2.24) is 5.32 Å². The lowest BCUT2D eigenvalue weighted by atomic mass is 10.2. The Balaban J connectivity index is 3.30. The molecule has 1 N–H and O–H groups in total. The van der Waals surface area contributed by atoms with E-state index in [4.69, 9.17) is 4.74 Å². The molecular formula is C11H25NOS. The highest BCUT2D eigenvalue weighted by Crippen LogP contribution is 2.02. The number of hydrogen-bond acceptors (Lipinski definition) is 3. The standard InChI is InChI=1S/C11H25NOS/c1-4-6-8-13-9-7-11(10-14-3)12-5-2/h11-12H,4-10H2,1-3H3. The highest BCUT2D eigenvalue weighted by Gasteiger charge is 2.05. The second-order valence-corrected chi connectivity index (χ2v) is 4.38. The van der Waals surface area contributed by atoms with Crippen molar-refractivity contribution in [3.05, 3.63) is 0 Å². The lowest BCUT2D eigenvalue weighted by Gasteiger charge is -2.16. The Kier molecular flexibility index (Phi) is 11.6. The van der Waals surface area contributed by atoms with Crippen molar-refractivity contribution in [3.8, 4) is 0 Å². The van der Waals surface area contributed by atoms with E-state index in [1.807, 2.05) is 11.8 Å². The summed E-state index contributed by atoms with van der Waals surface area (Å²) in [4.78, 5) is 0. The Morgan fingerprint density at radius 1 is 1.29 bits per heavy atom. The molecule has 14 heavy (non-hydrogen) atoms. The second kappa shape index (κ2) is 11.3. The minimum atomic E-state index is 0.622. The molecule has 0 aliphatic rings. The predicted molar refractivity (Wildman–Crippen MR) is 66.2 cm³/mol. The molecule has 0 aromatic rings. The van der Waals surface area contributed by atoms with Crippen LogP contribution in [0, 0.1) is 0 Å². The average molecular weight is 219 g/mol. The molecule has 0 spiro atoms. The first-order valence-electron chi connectivity index (χ1n) is 5.65. The van der Waals surface area contributed by atoms with Gasteiger partial charge in [-0.05, 0) is 25.6 Å². The van der Waals surface area contributed by atoms with Crippen LogP contribution in [0.5, 0.6) is 0 Å². The first-order valence-corrected chi connectivity index (χ1v) is 7.04. The maximum absolute atomic E-state index is 5.55. The molecule has 0 aliphatic heterocycles. The summed E-state index contributed by atoms with van der Waals surface area (Å²) in [6, 6.07) is 0.622. The SMILES string of the molecule is CCCCOCCC(CSC)NCC. The molecule has 0 heterocycles. The van der Waals surface area contributed by atoms with Crippen LogP contribution in [0.4, 0.5) is 0 Å². The summed E-state index contributed by atoms with van der Waals surface area (Å²) in [6.45, 7) is 7.23. The number of hydrogen-bond donors (Lipinski definition) is 1. The van der Waals surface area contributed by atoms with E-state index in [-0.39, 0.29) is 0 Å². The maximum atomic E-state index is 5.55. The van der Waals surface area contributed by atoms with Gasteiger partial charge in [0.1, 0.15) is 0 Å². The Hall–Kier alpha value is 0.270. The van der Waals surface area contributed by atoms with E-state index in [0.29, 0.717) is 6.04 Å². The third-order valence-corrected chi connectivity index (χ3v) is 2.85. The number of ether oxygens (including phenoxy) is 1. The molecule has 0 aliphatic carbocycles. The van der Waals surface area contributed by atoms with Gasteiger partial charge in [-0.25, -0.2) is 0 Å². The molecule has 3 heteroatoms. The number of unbranched alkanes of at least 4 members (excludes halogenated alkanes) is 1. The summed E-state index contributed by atoms with van der Waals surface area (Å²) in [6.07, 6.45) is 5.70. The zero-order chi connectivity index (χ0) is 10.6. The van der Waals surface area contributed by atoms with Crippen LogP contribution in [0.15, 0.2) is 0 Å². The summed E-state index contributed by atoms with van der Waals surface area (Å²) in [7, 11) is 0. The van der Waals surface area contributed by atoms with E-state index in [1.165, 1.54) is 18.6 Å². The average Bonchev–Trinajstić information content (AvgIpc) is 2.18. The van der Waals surface area contributed by atoms with Gasteiger partial charge in [0.15, 0.2) is 0 Å². The molecule has 1 unspecified atom stereocenters. The van der Waals surface area contributed by atoms with Crippen LogP contribution in [0.3, 0.4) is 0 Å². The molecule has 0 fully saturated rings. The Morgan fingerprint density at radius 3 is 2.64 bits per heavy atom. The van der Waals surface area contributed by atoms with E-state index < -0.39 is 0 Å². The van der Waals surface area contributed by atoms with Crippen molar-refractivity contribution in [2.75, 3.05) is 31.8 Å². The van der Waals surface area contributed by atoms with Gasteiger partial charge in [-0.15, -0.1) is 0 Å². The molecule has 0 saturated carbocycles. The molecule has 0 bridgehead atoms. The van der Waals surface area contributed by atoms with Gasteiger partial charge in [-0.1, -0.05) is 20.3 Å². The molecule has 0 radical (unpaired) electrons. The van der Waals surface area contributed by atoms with Gasteiger partial charge >= 0.3 is 0 Å². The number of thioether (sulfide) groups is 1. The lowest BCUT2D eigenvalue weighted by Crippen LogP contribution is -2.32. The minimum absolute atomic E-state index is 0.622. The summed E-state index contributed by atoms with van der Waals surface area (Å²) in [5.41, 5.74) is 0. The van der Waals surface area contributed by atoms with Crippen LogP contribution in [0.2, 0.25) is 0 Å². The maximum Gasteiger partial charge on any atom is 0.0481 e. The quantitative estimate of drug-likeness (QED) is 0.571. The first kappa shape index (κ1) is 14.3. The molecule has 2 nitrogen and oxygen atoms in total. The van der Waals surface area contributed by atoms with Gasteiger partial charge in [-0.2, -0.15) is 11.8 Å². The largest absolute Gasteiger partial charge is 0.381 e. The van der Waals surface area contributed by atoms with Crippen molar-refractivity contribution in [2.24, 2.45) is 0 Å². The monoisotopic (exact) mass is 219 g/mol. The van der Waals surface area contributed by atoms with Crippen molar-refractivity contribution < 1.29 is 4.74 Å². The third-order valence-electron chi connectivity index (χ3n) is 2.11. The van der Waals surface area contributed by atoms with Crippen LogP contribution in [-0.2, 0) is 4.74 Å². The van der Waals surface area contributed by atoms with Crippen LogP contribution >= 0.6 is 11.8 Å². The van der Waals surface area contributed by atoms with Crippen molar-refractivity contribution in [1.29, 1.82) is 0 Å². The normalized spacial score (nSPS) is 13.1. The van der Waals surface area contributed by atoms with Crippen LogP contribution in [0.25, 0.3) is 0 Å². The van der Waals surface area contributed by atoms with Crippen molar-refractivity contribution in [3.63, 3.8) is 0 Å². The first-order chi connectivity index (χ1) is 6.85. The minimum Gasteiger partial charge on any atom is -0.381 e. The van der Waals surface area contributed by atoms with E-state index in [9.17, 15) is 0 Å². The molecule has 0 aromatic heterocycles. The Bertz CT molecular complexity index is 105. The van der Waals surface area contributed by atoms with Gasteiger partial charge < -0.3 is 10.1 Å². The Labute approximate surface area is 93.2 Å².